The van der Waals surface area contributed by atoms with E-state index in [0.29, 0.717) is 17.5 Å². The number of aliphatic hydroxyl groups is 1. The zero-order chi connectivity index (χ0) is 25.4. The number of nitrogens with one attached hydrogen (secondary N) is 1. The molecule has 1 saturated heterocycles. The van der Waals surface area contributed by atoms with Crippen LogP contribution in [0.1, 0.15) is 22.7 Å². The Kier molecular flexibility index (Phi) is 6.28. The Morgan fingerprint density at radius 3 is 2.58 bits per heavy atom. The monoisotopic (exact) mass is 546 g/mol. The fourth-order valence-corrected chi connectivity index (χ4v) is 4.91. The van der Waals surface area contributed by atoms with Gasteiger partial charge >= 0.3 is 0 Å². The van der Waals surface area contributed by atoms with E-state index in [-0.39, 0.29) is 23.6 Å². The molecule has 0 bridgehead atoms. The van der Waals surface area contributed by atoms with Gasteiger partial charge in [-0.05, 0) is 60.0 Å². The number of phenolic OH excluding ortho intramolecular Hbond substituents is 1. The summed E-state index contributed by atoms with van der Waals surface area (Å²) in [6.07, 6.45) is 2.35. The van der Waals surface area contributed by atoms with Crippen LogP contribution in [0.2, 0.25) is 0 Å². The molecule has 4 aromatic rings. The van der Waals surface area contributed by atoms with Crippen LogP contribution in [-0.4, -0.2) is 45.4 Å². The topological polar surface area (TPSA) is 103 Å². The van der Waals surface area contributed by atoms with Gasteiger partial charge < -0.3 is 24.8 Å². The third-order valence-corrected chi connectivity index (χ3v) is 6.97. The molecule has 1 amide bonds. The molecule has 1 aliphatic rings. The number of ether oxygens (including phenoxy) is 1. The molecule has 182 valence electrons. The van der Waals surface area contributed by atoms with Crippen LogP contribution < -0.4 is 4.74 Å². The molecule has 5 rings (SSSR count). The first-order valence-electron chi connectivity index (χ1n) is 11.3. The highest BCUT2D eigenvalue weighted by Crippen LogP contribution is 2.40. The van der Waals surface area contributed by atoms with E-state index in [1.807, 2.05) is 24.4 Å². The largest absolute Gasteiger partial charge is 0.508 e. The smallest absolute Gasteiger partial charge is 0.295 e. The van der Waals surface area contributed by atoms with Crippen molar-refractivity contribution >= 4 is 44.3 Å². The van der Waals surface area contributed by atoms with Crippen molar-refractivity contribution in [2.45, 2.75) is 12.5 Å². The average Bonchev–Trinajstić information content (AvgIpc) is 3.40. The highest BCUT2D eigenvalue weighted by molar-refractivity contribution is 9.10. The number of fused-ring (bicyclic) bond motifs is 1. The van der Waals surface area contributed by atoms with Crippen LogP contribution >= 0.6 is 15.9 Å². The Morgan fingerprint density at radius 1 is 1.08 bits per heavy atom. The van der Waals surface area contributed by atoms with Gasteiger partial charge in [0.2, 0.25) is 0 Å². The molecule has 1 fully saturated rings. The number of halogens is 1. The van der Waals surface area contributed by atoms with Crippen LogP contribution in [0.15, 0.2) is 83.0 Å². The molecular weight excluding hydrogens is 524 g/mol. The lowest BCUT2D eigenvalue weighted by molar-refractivity contribution is -0.139. The zero-order valence-corrected chi connectivity index (χ0v) is 21.0. The summed E-state index contributed by atoms with van der Waals surface area (Å²) in [4.78, 5) is 31.1. The minimum Gasteiger partial charge on any atom is -0.508 e. The first kappa shape index (κ1) is 23.7. The highest BCUT2D eigenvalue weighted by atomic mass is 79.9. The van der Waals surface area contributed by atoms with Crippen molar-refractivity contribution in [2.75, 3.05) is 13.7 Å². The molecule has 1 aliphatic heterocycles. The summed E-state index contributed by atoms with van der Waals surface area (Å²) in [6.45, 7) is 0.228. The molecule has 0 aliphatic carbocycles. The number of nitrogens with zero attached hydrogens (tertiary/aromatic N) is 1. The van der Waals surface area contributed by atoms with Crippen molar-refractivity contribution in [3.63, 3.8) is 0 Å². The summed E-state index contributed by atoms with van der Waals surface area (Å²) in [6, 6.07) is 18.1. The van der Waals surface area contributed by atoms with Crippen molar-refractivity contribution < 1.29 is 24.5 Å². The van der Waals surface area contributed by atoms with Gasteiger partial charge in [0.15, 0.2) is 0 Å². The van der Waals surface area contributed by atoms with Gasteiger partial charge in [-0.25, -0.2) is 0 Å². The maximum atomic E-state index is 13.2. The number of rotatable bonds is 6. The van der Waals surface area contributed by atoms with Crippen LogP contribution in [0.3, 0.4) is 0 Å². The second-order valence-electron chi connectivity index (χ2n) is 8.57. The van der Waals surface area contributed by atoms with Crippen LogP contribution in [-0.2, 0) is 16.0 Å². The van der Waals surface area contributed by atoms with Gasteiger partial charge in [-0.15, -0.1) is 0 Å². The molecular formula is C28H23BrN2O5. The van der Waals surface area contributed by atoms with Crippen molar-refractivity contribution in [1.82, 2.24) is 9.88 Å². The third kappa shape index (κ3) is 4.24. The quantitative estimate of drug-likeness (QED) is 0.173. The lowest BCUT2D eigenvalue weighted by atomic mass is 9.95. The van der Waals surface area contributed by atoms with Crippen molar-refractivity contribution in [3.05, 3.63) is 99.7 Å². The van der Waals surface area contributed by atoms with Gasteiger partial charge in [0.25, 0.3) is 11.7 Å². The van der Waals surface area contributed by atoms with E-state index < -0.39 is 17.7 Å². The molecule has 0 radical (unpaired) electrons. The minimum absolute atomic E-state index is 0.00505. The number of H-pyrrole nitrogens is 1. The number of amides is 1. The molecule has 3 N–H and O–H groups in total. The van der Waals surface area contributed by atoms with Gasteiger partial charge in [-0.3, -0.25) is 9.59 Å². The van der Waals surface area contributed by atoms with Crippen molar-refractivity contribution in [2.24, 2.45) is 0 Å². The molecule has 0 saturated carbocycles. The normalized spacial score (nSPS) is 17.2. The summed E-state index contributed by atoms with van der Waals surface area (Å²) >= 11 is 3.37. The van der Waals surface area contributed by atoms with E-state index >= 15 is 0 Å². The standard InChI is InChI=1S/C28H23BrN2O5/c1-36-21-9-10-23-22(14-21)18(15-30-23)11-12-31-25(17-3-2-4-20(32)13-17)24(27(34)28(31)35)26(33)16-5-7-19(29)8-6-16/h2-10,13-15,25,30,32-33H,11-12H2,1H3/b26-24-. The van der Waals surface area contributed by atoms with Gasteiger partial charge in [0, 0.05) is 33.7 Å². The number of carbonyl (C=O) groups excluding carboxylic acids is 2. The maximum Gasteiger partial charge on any atom is 0.295 e. The number of aliphatic hydroxyl groups excluding tert-OH is 1. The average molecular weight is 547 g/mol. The highest BCUT2D eigenvalue weighted by Gasteiger charge is 2.46. The Labute approximate surface area is 215 Å². The van der Waals surface area contributed by atoms with E-state index in [4.69, 9.17) is 4.74 Å². The summed E-state index contributed by atoms with van der Waals surface area (Å²) in [5.41, 5.74) is 2.85. The molecule has 0 spiro atoms. The Hall–Kier alpha value is -4.04. The molecule has 1 atom stereocenters. The number of methoxy groups -OCH3 is 1. The maximum absolute atomic E-state index is 13.2. The van der Waals surface area contributed by atoms with Gasteiger partial charge in [0.1, 0.15) is 17.3 Å². The van der Waals surface area contributed by atoms with E-state index in [2.05, 4.69) is 20.9 Å². The van der Waals surface area contributed by atoms with Crippen LogP contribution in [0, 0.1) is 0 Å². The van der Waals surface area contributed by atoms with Gasteiger partial charge in [-0.2, -0.15) is 0 Å². The Bertz CT molecular complexity index is 1510. The lowest BCUT2D eigenvalue weighted by Gasteiger charge is -2.25. The number of aromatic nitrogens is 1. The predicted octanol–water partition coefficient (Wildman–Crippen LogP) is 5.31. The first-order chi connectivity index (χ1) is 17.4. The van der Waals surface area contributed by atoms with Crippen LogP contribution in [0.4, 0.5) is 0 Å². The lowest BCUT2D eigenvalue weighted by Crippen LogP contribution is -2.31. The summed E-state index contributed by atoms with van der Waals surface area (Å²) in [7, 11) is 1.60. The Balaban J connectivity index is 1.56. The van der Waals surface area contributed by atoms with E-state index in [1.54, 1.807) is 43.5 Å². The van der Waals surface area contributed by atoms with Crippen molar-refractivity contribution in [3.8, 4) is 11.5 Å². The second-order valence-corrected chi connectivity index (χ2v) is 9.49. The predicted molar refractivity (Wildman–Crippen MR) is 140 cm³/mol. The molecule has 1 unspecified atom stereocenters. The summed E-state index contributed by atoms with van der Waals surface area (Å²) in [5.74, 6) is -0.985. The second kappa shape index (κ2) is 9.54. The van der Waals surface area contributed by atoms with Gasteiger partial charge in [0.05, 0.1) is 18.7 Å². The molecule has 2 heterocycles. The number of carbonyl (C=O) groups is 2. The summed E-state index contributed by atoms with van der Waals surface area (Å²) in [5, 5.41) is 22.2. The molecule has 36 heavy (non-hydrogen) atoms. The minimum atomic E-state index is -0.847. The number of hydrogen-bond acceptors (Lipinski definition) is 5. The fraction of sp³-hybridized carbons (Fsp3) is 0.143. The SMILES string of the molecule is COc1ccc2[nH]cc(CCN3C(=O)C(=O)/C(=C(\O)c4ccc(Br)cc4)C3c3cccc(O)c3)c2c1. The number of benzene rings is 3. The fourth-order valence-electron chi connectivity index (χ4n) is 4.65. The number of likely N-dealkylation sites (tertiary alicyclic amines) is 1. The van der Waals surface area contributed by atoms with E-state index in [1.165, 1.54) is 17.0 Å². The number of Topliss-reactive ketones (excluding diaryl/α,β-unsaturated/α-hetero) is 1. The van der Waals surface area contributed by atoms with Gasteiger partial charge in [-0.1, -0.05) is 40.2 Å². The molecule has 7 nitrogen and oxygen atoms in total. The number of phenols is 1. The van der Waals surface area contributed by atoms with Crippen LogP contribution in [0.25, 0.3) is 16.7 Å². The molecule has 8 heteroatoms. The van der Waals surface area contributed by atoms with Crippen molar-refractivity contribution in [1.29, 1.82) is 0 Å². The zero-order valence-electron chi connectivity index (χ0n) is 19.4. The summed E-state index contributed by atoms with van der Waals surface area (Å²) < 4.78 is 6.17. The molecule has 1 aromatic heterocycles. The number of aromatic amines is 1. The number of aromatic hydroxyl groups is 1. The number of hydrogen-bond donors (Lipinski definition) is 3. The molecule has 3 aromatic carbocycles. The third-order valence-electron chi connectivity index (χ3n) is 6.44. The first-order valence-corrected chi connectivity index (χ1v) is 12.1. The Morgan fingerprint density at radius 2 is 1.86 bits per heavy atom. The number of ketones is 1. The van der Waals surface area contributed by atoms with Crippen LogP contribution in [0.5, 0.6) is 11.5 Å². The van der Waals surface area contributed by atoms with E-state index in [0.717, 1.165) is 26.7 Å². The van der Waals surface area contributed by atoms with E-state index in [9.17, 15) is 19.8 Å².